The van der Waals surface area contributed by atoms with Gasteiger partial charge in [0.25, 0.3) is 0 Å². The van der Waals surface area contributed by atoms with Crippen LogP contribution in [0.25, 0.3) is 22.3 Å². The summed E-state index contributed by atoms with van der Waals surface area (Å²) in [5.41, 5.74) is 12.6. The number of rotatable bonds is 2. The number of aromatic nitrogens is 8. The molecule has 2 bridgehead atoms. The first-order chi connectivity index (χ1) is 20.9. The van der Waals surface area contributed by atoms with Gasteiger partial charge in [0.2, 0.25) is 0 Å². The van der Waals surface area contributed by atoms with Crippen molar-refractivity contribution in [1.82, 2.24) is 39.0 Å². The van der Waals surface area contributed by atoms with E-state index in [1.54, 1.807) is 0 Å². The Balaban J connectivity index is 1.20. The maximum atomic E-state index is 16.0. The maximum Gasteiger partial charge on any atom is 0.386 e. The fourth-order valence-electron chi connectivity index (χ4n) is 5.30. The minimum absolute atomic E-state index is 0.0702. The monoisotopic (exact) mass is 674 g/mol. The molecule has 44 heavy (non-hydrogen) atoms. The molecule has 3 aliphatic rings. The van der Waals surface area contributed by atoms with Gasteiger partial charge in [0, 0.05) is 6.66 Å². The third-order valence-corrected chi connectivity index (χ3v) is 10.2. The highest BCUT2D eigenvalue weighted by molar-refractivity contribution is 8.44. The minimum Gasteiger partial charge on any atom is -0.387 e. The Morgan fingerprint density at radius 2 is 1.43 bits per heavy atom. The van der Waals surface area contributed by atoms with Crippen molar-refractivity contribution in [1.29, 1.82) is 0 Å². The molecule has 7 rings (SSSR count). The minimum atomic E-state index is -4.33. The van der Waals surface area contributed by atoms with Gasteiger partial charge in [-0.3, -0.25) is 27.3 Å². The summed E-state index contributed by atoms with van der Waals surface area (Å²) < 4.78 is 80.0. The second-order valence-electron chi connectivity index (χ2n) is 10.2. The van der Waals surface area contributed by atoms with Crippen molar-refractivity contribution in [3.63, 3.8) is 0 Å². The third kappa shape index (κ3) is 5.16. The van der Waals surface area contributed by atoms with Crippen molar-refractivity contribution < 1.29 is 46.2 Å². The molecule has 236 valence electrons. The molecule has 0 amide bonds. The molecule has 0 aromatic carbocycles. The molecule has 5 N–H and O–H groups in total. The number of ether oxygens (including phenoxy) is 2. The van der Waals surface area contributed by atoms with Gasteiger partial charge in [-0.05, 0) is 0 Å². The zero-order valence-corrected chi connectivity index (χ0v) is 25.2. The highest BCUT2D eigenvalue weighted by atomic mass is 32.7. The van der Waals surface area contributed by atoms with E-state index in [2.05, 4.69) is 42.2 Å². The van der Waals surface area contributed by atoms with Crippen molar-refractivity contribution >= 4 is 60.6 Å². The quantitative estimate of drug-likeness (QED) is 0.171. The van der Waals surface area contributed by atoms with E-state index in [4.69, 9.17) is 39.0 Å². The number of thiol groups is 1. The lowest BCUT2D eigenvalue weighted by Gasteiger charge is -2.26. The molecule has 4 aromatic rings. The molecule has 3 saturated heterocycles. The summed E-state index contributed by atoms with van der Waals surface area (Å²) in [6.07, 6.45) is -6.50. The van der Waals surface area contributed by atoms with Gasteiger partial charge in [-0.25, -0.2) is 38.9 Å². The van der Waals surface area contributed by atoms with Gasteiger partial charge in [0.05, 0.1) is 25.9 Å². The topological polar surface area (TPSA) is 249 Å². The normalized spacial score (nSPS) is 38.3. The summed E-state index contributed by atoms with van der Waals surface area (Å²) >= 11 is 4.09. The number of aliphatic hydroxyl groups is 1. The number of alkyl halides is 1. The predicted octanol–water partition coefficient (Wildman–Crippen LogP) is 1.00. The number of hydrogen-bond donors (Lipinski definition) is 4. The molecule has 10 atom stereocenters. The summed E-state index contributed by atoms with van der Waals surface area (Å²) in [5.74, 6) is 0.162. The van der Waals surface area contributed by atoms with Crippen LogP contribution in [0.2, 0.25) is 0 Å². The standard InChI is InChI=1S/C21H25FN10O9P2S/c1-42(34)36-2-8-13(33)15(21(38-8)32-7-30-12-17(24)26-5-28-19(12)32)41-43(35,44)37-3-9-14(40-42)10(22)20(39-9)31-6-29-11-16(23)25-4-27-18(11)31/h4-10,13-15,20-21,33H,2-3H2,1H3,(H,35,44)(H2,23,25,27)(H2,24,26,28)/t8-,9-,10-,13-,14-,15-,20-,21-,42?,43+/m1/s1. The molecular weight excluding hydrogens is 649 g/mol. The first-order valence-electron chi connectivity index (χ1n) is 13.0. The van der Waals surface area contributed by atoms with E-state index in [0.29, 0.717) is 0 Å². The Bertz CT molecular complexity index is 1830. The lowest BCUT2D eigenvalue weighted by Crippen LogP contribution is -2.35. The summed E-state index contributed by atoms with van der Waals surface area (Å²) in [6, 6.07) is 0. The molecule has 1 unspecified atom stereocenters. The van der Waals surface area contributed by atoms with E-state index in [1.165, 1.54) is 34.4 Å². The lowest BCUT2D eigenvalue weighted by molar-refractivity contribution is -0.0577. The van der Waals surface area contributed by atoms with Gasteiger partial charge in [-0.1, -0.05) is 12.2 Å². The highest BCUT2D eigenvalue weighted by Gasteiger charge is 2.53. The van der Waals surface area contributed by atoms with E-state index < -0.39 is 76.8 Å². The summed E-state index contributed by atoms with van der Waals surface area (Å²) in [4.78, 5) is 24.4. The van der Waals surface area contributed by atoms with Crippen LogP contribution in [0.5, 0.6) is 0 Å². The average molecular weight is 675 g/mol. The molecule has 0 spiro atoms. The SMILES string of the molecule is CP1(=O)OC[C@H]2O[C@@H](n3cnc4c(N)ncnc43)[C@H](O[P@@](=O)(S)OC[C@H]3O[C@@H](n4cnc5c(N)ncnc54)[C@H](F)[C@@H]3O1)[C@@H]2O. The molecule has 0 radical (unpaired) electrons. The van der Waals surface area contributed by atoms with Gasteiger partial charge in [0.15, 0.2) is 41.6 Å². The number of nitrogens with two attached hydrogens (primary N) is 2. The number of fused-ring (bicyclic) bond motifs is 5. The van der Waals surface area contributed by atoms with Crippen molar-refractivity contribution in [2.75, 3.05) is 31.3 Å². The Hall–Kier alpha value is -2.84. The number of nitrogens with zero attached hydrogens (tertiary/aromatic N) is 8. The molecule has 4 aromatic heterocycles. The molecule has 7 heterocycles. The first kappa shape index (κ1) is 29.8. The number of anilines is 2. The Kier molecular flexibility index (Phi) is 7.40. The van der Waals surface area contributed by atoms with Crippen LogP contribution < -0.4 is 11.5 Å². The van der Waals surface area contributed by atoms with E-state index in [1.807, 2.05) is 0 Å². The number of aliphatic hydroxyl groups excluding tert-OH is 1. The summed E-state index contributed by atoms with van der Waals surface area (Å²) in [7, 11) is -4.06. The van der Waals surface area contributed by atoms with Gasteiger partial charge in [0.1, 0.15) is 54.2 Å². The van der Waals surface area contributed by atoms with Crippen LogP contribution in [0.15, 0.2) is 25.3 Å². The van der Waals surface area contributed by atoms with E-state index in [-0.39, 0.29) is 34.0 Å². The molecule has 3 fully saturated rings. The van der Waals surface area contributed by atoms with Crippen LogP contribution in [0.3, 0.4) is 0 Å². The van der Waals surface area contributed by atoms with Crippen LogP contribution in [0.4, 0.5) is 16.0 Å². The smallest absolute Gasteiger partial charge is 0.386 e. The Labute approximate surface area is 251 Å². The van der Waals surface area contributed by atoms with Gasteiger partial charge >= 0.3 is 14.4 Å². The molecule has 0 aliphatic carbocycles. The van der Waals surface area contributed by atoms with Crippen LogP contribution >= 0.6 is 26.6 Å². The number of hydrogen-bond acceptors (Lipinski definition) is 17. The van der Waals surface area contributed by atoms with Crippen molar-refractivity contribution in [3.05, 3.63) is 25.3 Å². The Morgan fingerprint density at radius 3 is 2.07 bits per heavy atom. The molecular formula is C21H25FN10O9P2S. The van der Waals surface area contributed by atoms with Crippen LogP contribution in [0, 0.1) is 0 Å². The number of imidazole rings is 2. The average Bonchev–Trinajstić information content (AvgIpc) is 3.73. The Morgan fingerprint density at radius 1 is 0.864 bits per heavy atom. The van der Waals surface area contributed by atoms with E-state index in [9.17, 15) is 14.2 Å². The maximum absolute atomic E-state index is 16.0. The third-order valence-electron chi connectivity index (χ3n) is 7.35. The lowest BCUT2D eigenvalue weighted by atomic mass is 10.1. The molecule has 19 nitrogen and oxygen atoms in total. The highest BCUT2D eigenvalue weighted by Crippen LogP contribution is 2.58. The van der Waals surface area contributed by atoms with Gasteiger partial charge in [-0.2, -0.15) is 0 Å². The van der Waals surface area contributed by atoms with Gasteiger partial charge in [-0.15, -0.1) is 0 Å². The summed E-state index contributed by atoms with van der Waals surface area (Å²) in [5, 5.41) is 11.1. The predicted molar refractivity (Wildman–Crippen MR) is 150 cm³/mol. The van der Waals surface area contributed by atoms with Crippen LogP contribution in [-0.2, 0) is 36.7 Å². The molecule has 3 aliphatic heterocycles. The zero-order valence-electron chi connectivity index (χ0n) is 22.5. The second-order valence-corrected chi connectivity index (χ2v) is 15.1. The van der Waals surface area contributed by atoms with Crippen molar-refractivity contribution in [2.24, 2.45) is 0 Å². The fraction of sp³-hybridized carbons (Fsp3) is 0.524. The van der Waals surface area contributed by atoms with Gasteiger partial charge < -0.3 is 30.6 Å². The number of halogens is 1. The number of nitrogen functional groups attached to an aromatic ring is 2. The second kappa shape index (κ2) is 10.9. The van der Waals surface area contributed by atoms with Crippen molar-refractivity contribution in [3.8, 4) is 0 Å². The zero-order chi connectivity index (χ0) is 31.0. The fourth-order valence-corrected chi connectivity index (χ4v) is 7.93. The van der Waals surface area contributed by atoms with Crippen molar-refractivity contribution in [2.45, 2.75) is 49.1 Å². The first-order valence-corrected chi connectivity index (χ1v) is 17.7. The molecule has 0 saturated carbocycles. The summed E-state index contributed by atoms with van der Waals surface area (Å²) in [6.45, 7) is -4.29. The van der Waals surface area contributed by atoms with E-state index in [0.717, 1.165) is 6.66 Å². The largest absolute Gasteiger partial charge is 0.387 e. The van der Waals surface area contributed by atoms with E-state index >= 15 is 4.39 Å². The van der Waals surface area contributed by atoms with Crippen LogP contribution in [-0.4, -0.2) is 101 Å². The van der Waals surface area contributed by atoms with Crippen LogP contribution in [0.1, 0.15) is 12.5 Å². The molecule has 23 heteroatoms.